The van der Waals surface area contributed by atoms with E-state index in [2.05, 4.69) is 25.8 Å². The van der Waals surface area contributed by atoms with Crippen LogP contribution in [-0.4, -0.2) is 17.1 Å². The summed E-state index contributed by atoms with van der Waals surface area (Å²) in [4.78, 5) is 15.0. The van der Waals surface area contributed by atoms with Gasteiger partial charge in [0.05, 0.1) is 0 Å². The molecule has 2 saturated carbocycles. The highest BCUT2D eigenvalue weighted by Gasteiger charge is 2.62. The summed E-state index contributed by atoms with van der Waals surface area (Å²) >= 11 is 0. The molecule has 2 aliphatic rings. The number of hydrogen-bond donors (Lipinski definition) is 1. The molecule has 0 aliphatic heterocycles. The Bertz CT molecular complexity index is 480. The van der Waals surface area contributed by atoms with Gasteiger partial charge in [0, 0.05) is 5.41 Å². The fourth-order valence-electron chi connectivity index (χ4n) is 4.07. The SMILES string of the molecule is CC1(C)[C@@H]2CC[C@]1(C)[C@@H](OC(=O)C[n+]1cc[nH]c1)C2. The number of esters is 1. The summed E-state index contributed by atoms with van der Waals surface area (Å²) in [6.07, 6.45) is 9.00. The fourth-order valence-corrected chi connectivity index (χ4v) is 4.07. The number of aromatic nitrogens is 2. The van der Waals surface area contributed by atoms with Crippen LogP contribution in [0.5, 0.6) is 0 Å². The lowest BCUT2D eigenvalue weighted by Crippen LogP contribution is -2.42. The predicted molar refractivity (Wildman–Crippen MR) is 70.1 cm³/mol. The molecule has 3 rings (SSSR count). The molecule has 104 valence electrons. The number of carbonyl (C=O) groups excluding carboxylic acids is 1. The van der Waals surface area contributed by atoms with Crippen LogP contribution in [0.25, 0.3) is 0 Å². The van der Waals surface area contributed by atoms with E-state index in [9.17, 15) is 4.79 Å². The first-order chi connectivity index (χ1) is 8.93. The molecule has 4 heteroatoms. The van der Waals surface area contributed by atoms with Gasteiger partial charge in [-0.25, -0.2) is 9.36 Å². The van der Waals surface area contributed by atoms with E-state index in [4.69, 9.17) is 4.74 Å². The predicted octanol–water partition coefficient (Wildman–Crippen LogP) is 2.06. The molecular formula is C15H23N2O2+. The summed E-state index contributed by atoms with van der Waals surface area (Å²) in [7, 11) is 0. The molecule has 0 spiro atoms. The molecule has 0 unspecified atom stereocenters. The van der Waals surface area contributed by atoms with Crippen LogP contribution < -0.4 is 4.57 Å². The average molecular weight is 263 g/mol. The molecule has 2 bridgehead atoms. The molecule has 0 saturated heterocycles. The van der Waals surface area contributed by atoms with Gasteiger partial charge in [-0.3, -0.25) is 4.98 Å². The zero-order valence-corrected chi connectivity index (χ0v) is 12.0. The topological polar surface area (TPSA) is 46.0 Å². The number of aromatic amines is 1. The summed E-state index contributed by atoms with van der Waals surface area (Å²) in [6.45, 7) is 7.25. The third-order valence-electron chi connectivity index (χ3n) is 5.90. The largest absolute Gasteiger partial charge is 0.459 e. The highest BCUT2D eigenvalue weighted by atomic mass is 16.5. The summed E-state index contributed by atoms with van der Waals surface area (Å²) in [5.74, 6) is 0.578. The van der Waals surface area contributed by atoms with Gasteiger partial charge in [-0.1, -0.05) is 20.8 Å². The second-order valence-electron chi connectivity index (χ2n) is 6.87. The minimum Gasteiger partial charge on any atom is -0.459 e. The monoisotopic (exact) mass is 263 g/mol. The van der Waals surface area contributed by atoms with Crippen LogP contribution in [-0.2, 0) is 16.1 Å². The van der Waals surface area contributed by atoms with E-state index < -0.39 is 0 Å². The Balaban J connectivity index is 1.67. The van der Waals surface area contributed by atoms with Gasteiger partial charge >= 0.3 is 5.97 Å². The standard InChI is InChI=1S/C15H22N2O2/c1-14(2)11-4-5-15(14,3)12(8-11)19-13(18)9-17-7-6-16-10-17/h6-7,10-12H,4-5,8-9H2,1-3H3/p+1/t11-,12+,15-/m1/s1. The van der Waals surface area contributed by atoms with Crippen LogP contribution in [0.1, 0.15) is 40.0 Å². The van der Waals surface area contributed by atoms with Crippen molar-refractivity contribution in [1.82, 2.24) is 4.98 Å². The summed E-state index contributed by atoms with van der Waals surface area (Å²) < 4.78 is 7.59. The number of nitrogens with zero attached hydrogens (tertiary/aromatic N) is 1. The Hall–Kier alpha value is -1.32. The molecule has 19 heavy (non-hydrogen) atoms. The number of fused-ring (bicyclic) bond motifs is 2. The maximum Gasteiger partial charge on any atom is 0.348 e. The van der Waals surface area contributed by atoms with Crippen LogP contribution in [0.4, 0.5) is 0 Å². The fraction of sp³-hybridized carbons (Fsp3) is 0.733. The normalized spacial score (nSPS) is 35.5. The van der Waals surface area contributed by atoms with Crippen molar-refractivity contribution in [3.05, 3.63) is 18.7 Å². The van der Waals surface area contributed by atoms with Crippen LogP contribution in [0.15, 0.2) is 18.7 Å². The molecule has 2 fully saturated rings. The Morgan fingerprint density at radius 1 is 1.47 bits per heavy atom. The number of rotatable bonds is 3. The van der Waals surface area contributed by atoms with Gasteiger partial charge in [-0.2, -0.15) is 0 Å². The lowest BCUT2D eigenvalue weighted by atomic mass is 9.70. The number of imidazole rings is 1. The number of ether oxygens (including phenoxy) is 1. The van der Waals surface area contributed by atoms with Crippen molar-refractivity contribution >= 4 is 5.97 Å². The lowest BCUT2D eigenvalue weighted by molar-refractivity contribution is -0.684. The zero-order chi connectivity index (χ0) is 13.7. The molecule has 1 heterocycles. The van der Waals surface area contributed by atoms with Gasteiger partial charge in [0.15, 0.2) is 6.54 Å². The summed E-state index contributed by atoms with van der Waals surface area (Å²) in [6, 6.07) is 0. The van der Waals surface area contributed by atoms with Crippen LogP contribution in [0, 0.1) is 16.7 Å². The van der Waals surface area contributed by atoms with Crippen molar-refractivity contribution in [2.24, 2.45) is 16.7 Å². The molecule has 1 aromatic rings. The Labute approximate surface area is 114 Å². The second kappa shape index (κ2) is 4.09. The van der Waals surface area contributed by atoms with Crippen LogP contribution in [0.2, 0.25) is 0 Å². The van der Waals surface area contributed by atoms with Gasteiger partial charge in [-0.05, 0) is 30.6 Å². The number of carbonyl (C=O) groups is 1. The van der Waals surface area contributed by atoms with Gasteiger partial charge < -0.3 is 4.74 Å². The number of hydrogen-bond acceptors (Lipinski definition) is 2. The second-order valence-corrected chi connectivity index (χ2v) is 6.87. The van der Waals surface area contributed by atoms with Crippen molar-refractivity contribution < 1.29 is 14.1 Å². The number of nitrogens with one attached hydrogen (secondary N) is 1. The molecular weight excluding hydrogens is 240 g/mol. The molecule has 0 radical (unpaired) electrons. The highest BCUT2D eigenvalue weighted by molar-refractivity contribution is 5.68. The van der Waals surface area contributed by atoms with Crippen molar-refractivity contribution in [2.75, 3.05) is 0 Å². The summed E-state index contributed by atoms with van der Waals surface area (Å²) in [5, 5.41) is 0. The molecule has 1 aromatic heterocycles. The first kappa shape index (κ1) is 12.7. The van der Waals surface area contributed by atoms with E-state index in [-0.39, 0.29) is 17.5 Å². The molecule has 1 N–H and O–H groups in total. The van der Waals surface area contributed by atoms with Gasteiger partial charge in [0.2, 0.25) is 6.33 Å². The van der Waals surface area contributed by atoms with E-state index in [1.165, 1.54) is 12.8 Å². The lowest BCUT2D eigenvalue weighted by Gasteiger charge is -2.38. The van der Waals surface area contributed by atoms with E-state index in [0.717, 1.165) is 6.42 Å². The van der Waals surface area contributed by atoms with E-state index in [0.29, 0.717) is 17.9 Å². The van der Waals surface area contributed by atoms with Crippen molar-refractivity contribution in [3.63, 3.8) is 0 Å². The van der Waals surface area contributed by atoms with E-state index >= 15 is 0 Å². The van der Waals surface area contributed by atoms with Crippen molar-refractivity contribution in [1.29, 1.82) is 0 Å². The smallest absolute Gasteiger partial charge is 0.348 e. The Kier molecular flexibility index (Phi) is 2.73. The molecule has 3 atom stereocenters. The molecule has 2 aliphatic carbocycles. The van der Waals surface area contributed by atoms with Crippen LogP contribution >= 0.6 is 0 Å². The van der Waals surface area contributed by atoms with Gasteiger partial charge in [0.25, 0.3) is 0 Å². The molecule has 0 aromatic carbocycles. The minimum atomic E-state index is -0.126. The Morgan fingerprint density at radius 2 is 2.26 bits per heavy atom. The molecule has 0 amide bonds. The van der Waals surface area contributed by atoms with Crippen molar-refractivity contribution in [3.8, 4) is 0 Å². The summed E-state index contributed by atoms with van der Waals surface area (Å²) in [5.41, 5.74) is 0.440. The van der Waals surface area contributed by atoms with E-state index in [1.807, 2.05) is 10.8 Å². The number of H-pyrrole nitrogens is 1. The first-order valence-corrected chi connectivity index (χ1v) is 7.15. The van der Waals surface area contributed by atoms with Gasteiger partial charge in [0.1, 0.15) is 18.5 Å². The molecule has 4 nitrogen and oxygen atoms in total. The quantitative estimate of drug-likeness (QED) is 0.670. The maximum atomic E-state index is 12.0. The first-order valence-electron chi connectivity index (χ1n) is 7.15. The van der Waals surface area contributed by atoms with E-state index in [1.54, 1.807) is 12.5 Å². The third kappa shape index (κ3) is 1.80. The van der Waals surface area contributed by atoms with Crippen molar-refractivity contribution in [2.45, 2.75) is 52.7 Å². The minimum absolute atomic E-state index is 0.0910. The third-order valence-corrected chi connectivity index (χ3v) is 5.90. The average Bonchev–Trinajstić information content (AvgIpc) is 2.95. The Morgan fingerprint density at radius 3 is 2.79 bits per heavy atom. The zero-order valence-electron chi connectivity index (χ0n) is 12.0. The maximum absolute atomic E-state index is 12.0. The van der Waals surface area contributed by atoms with Gasteiger partial charge in [-0.15, -0.1) is 0 Å². The highest BCUT2D eigenvalue weighted by Crippen LogP contribution is 2.66. The van der Waals surface area contributed by atoms with Crippen LogP contribution in [0.3, 0.4) is 0 Å².